The molecule has 0 bridgehead atoms. The van der Waals surface area contributed by atoms with Crippen LogP contribution in [0.2, 0.25) is 0 Å². The van der Waals surface area contributed by atoms with E-state index in [1.807, 2.05) is 0 Å². The van der Waals surface area contributed by atoms with E-state index >= 15 is 0 Å². The molecule has 1 N–H and O–H groups in total. The van der Waals surface area contributed by atoms with Gasteiger partial charge in [0.05, 0.1) is 24.9 Å². The number of aliphatic hydroxyl groups is 1. The second-order valence-electron chi connectivity index (χ2n) is 3.59. The molecule has 5 heteroatoms. The van der Waals surface area contributed by atoms with E-state index < -0.39 is 11.9 Å². The van der Waals surface area contributed by atoms with Gasteiger partial charge in [0.15, 0.2) is 0 Å². The Hall–Kier alpha value is -1.62. The maximum atomic E-state index is 13.0. The van der Waals surface area contributed by atoms with Crippen molar-refractivity contribution in [2.24, 2.45) is 0 Å². The number of hydrogen-bond donors (Lipinski definition) is 1. The van der Waals surface area contributed by atoms with Crippen molar-refractivity contribution in [3.63, 3.8) is 0 Å². The Bertz CT molecular complexity index is 397. The molecule has 1 unspecified atom stereocenters. The van der Waals surface area contributed by atoms with Crippen LogP contribution < -0.4 is 4.90 Å². The Kier molecular flexibility index (Phi) is 3.05. The van der Waals surface area contributed by atoms with Gasteiger partial charge in [-0.15, -0.1) is 0 Å². The molecule has 1 amide bonds. The standard InChI is InChI=1S/C11H12FNO3/c12-8-2-1-3-9(6-8)13-10(7-14)4-5-16-11(13)15/h1-3,6,10,14H,4-5,7H2. The minimum atomic E-state index is -0.545. The molecule has 0 radical (unpaired) electrons. The smallest absolute Gasteiger partial charge is 0.414 e. The lowest BCUT2D eigenvalue weighted by Gasteiger charge is -2.33. The van der Waals surface area contributed by atoms with Crippen LogP contribution in [0.4, 0.5) is 14.9 Å². The molecule has 0 saturated carbocycles. The van der Waals surface area contributed by atoms with Crippen molar-refractivity contribution in [2.75, 3.05) is 18.1 Å². The molecule has 2 rings (SSSR count). The van der Waals surface area contributed by atoms with E-state index in [2.05, 4.69) is 0 Å². The maximum absolute atomic E-state index is 13.0. The predicted molar refractivity (Wildman–Crippen MR) is 55.7 cm³/mol. The molecule has 1 saturated heterocycles. The van der Waals surface area contributed by atoms with Crippen LogP contribution in [-0.4, -0.2) is 30.5 Å². The number of hydrogen-bond acceptors (Lipinski definition) is 3. The third-order valence-corrected chi connectivity index (χ3v) is 2.54. The molecule has 16 heavy (non-hydrogen) atoms. The van der Waals surface area contributed by atoms with E-state index in [0.717, 1.165) is 0 Å². The summed E-state index contributed by atoms with van der Waals surface area (Å²) >= 11 is 0. The Balaban J connectivity index is 2.31. The molecule has 1 fully saturated rings. The Morgan fingerprint density at radius 3 is 3.06 bits per heavy atom. The predicted octanol–water partition coefficient (Wildman–Crippen LogP) is 1.53. The molecular weight excluding hydrogens is 213 g/mol. The lowest BCUT2D eigenvalue weighted by atomic mass is 10.1. The molecule has 1 aromatic carbocycles. The lowest BCUT2D eigenvalue weighted by molar-refractivity contribution is 0.116. The first-order chi connectivity index (χ1) is 7.72. The Labute approximate surface area is 92.2 Å². The normalized spacial score (nSPS) is 20.8. The average Bonchev–Trinajstić information content (AvgIpc) is 2.28. The van der Waals surface area contributed by atoms with Crippen LogP contribution in [0, 0.1) is 5.82 Å². The SMILES string of the molecule is O=C1OCCC(CO)N1c1cccc(F)c1. The highest BCUT2D eigenvalue weighted by molar-refractivity contribution is 5.88. The number of benzene rings is 1. The van der Waals surface area contributed by atoms with Gasteiger partial charge in [0.2, 0.25) is 0 Å². The van der Waals surface area contributed by atoms with Crippen molar-refractivity contribution in [3.05, 3.63) is 30.1 Å². The monoisotopic (exact) mass is 225 g/mol. The maximum Gasteiger partial charge on any atom is 0.414 e. The highest BCUT2D eigenvalue weighted by atomic mass is 19.1. The highest BCUT2D eigenvalue weighted by Crippen LogP contribution is 2.23. The number of ether oxygens (including phenoxy) is 1. The van der Waals surface area contributed by atoms with Crippen molar-refractivity contribution in [3.8, 4) is 0 Å². The zero-order valence-electron chi connectivity index (χ0n) is 8.60. The van der Waals surface area contributed by atoms with Gasteiger partial charge in [-0.3, -0.25) is 4.90 Å². The first kappa shape index (κ1) is 10.9. The summed E-state index contributed by atoms with van der Waals surface area (Å²) in [5.74, 6) is -0.424. The zero-order chi connectivity index (χ0) is 11.5. The highest BCUT2D eigenvalue weighted by Gasteiger charge is 2.30. The third kappa shape index (κ3) is 1.99. The molecule has 1 aromatic rings. The number of aliphatic hydroxyl groups excluding tert-OH is 1. The second kappa shape index (κ2) is 4.49. The van der Waals surface area contributed by atoms with Gasteiger partial charge in [-0.25, -0.2) is 9.18 Å². The summed E-state index contributed by atoms with van der Waals surface area (Å²) in [7, 11) is 0. The van der Waals surface area contributed by atoms with E-state index in [1.54, 1.807) is 6.07 Å². The summed E-state index contributed by atoms with van der Waals surface area (Å²) < 4.78 is 17.9. The number of cyclic esters (lactones) is 1. The fraction of sp³-hybridized carbons (Fsp3) is 0.364. The minimum Gasteiger partial charge on any atom is -0.449 e. The van der Waals surface area contributed by atoms with Gasteiger partial charge in [0.25, 0.3) is 0 Å². The average molecular weight is 225 g/mol. The largest absolute Gasteiger partial charge is 0.449 e. The molecule has 1 aliphatic rings. The summed E-state index contributed by atoms with van der Waals surface area (Å²) in [5, 5.41) is 9.17. The number of halogens is 1. The molecule has 0 aliphatic carbocycles. The number of carbonyl (C=O) groups is 1. The van der Waals surface area contributed by atoms with E-state index in [0.29, 0.717) is 12.1 Å². The summed E-state index contributed by atoms with van der Waals surface area (Å²) in [6.45, 7) is 0.126. The van der Waals surface area contributed by atoms with E-state index in [1.165, 1.54) is 23.1 Å². The van der Waals surface area contributed by atoms with Crippen LogP contribution in [0.3, 0.4) is 0 Å². The number of rotatable bonds is 2. The summed E-state index contributed by atoms with van der Waals surface area (Å²) in [6, 6.07) is 5.32. The molecule has 1 atom stereocenters. The number of amides is 1. The second-order valence-corrected chi connectivity index (χ2v) is 3.59. The lowest BCUT2D eigenvalue weighted by Crippen LogP contribution is -2.47. The summed E-state index contributed by atoms with van der Waals surface area (Å²) in [5.41, 5.74) is 0.406. The quantitative estimate of drug-likeness (QED) is 0.830. The van der Waals surface area contributed by atoms with Gasteiger partial charge < -0.3 is 9.84 Å². The minimum absolute atomic E-state index is 0.161. The van der Waals surface area contributed by atoms with E-state index in [-0.39, 0.29) is 19.3 Å². The van der Waals surface area contributed by atoms with E-state index in [9.17, 15) is 9.18 Å². The summed E-state index contributed by atoms with van der Waals surface area (Å²) in [4.78, 5) is 12.8. The first-order valence-electron chi connectivity index (χ1n) is 5.05. The Morgan fingerprint density at radius 1 is 1.56 bits per heavy atom. The van der Waals surface area contributed by atoms with E-state index in [4.69, 9.17) is 9.84 Å². The number of anilines is 1. The zero-order valence-corrected chi connectivity index (χ0v) is 8.60. The van der Waals surface area contributed by atoms with Crippen molar-refractivity contribution in [2.45, 2.75) is 12.5 Å². The topological polar surface area (TPSA) is 49.8 Å². The van der Waals surface area contributed by atoms with Crippen molar-refractivity contribution in [1.82, 2.24) is 0 Å². The molecule has 0 spiro atoms. The van der Waals surface area contributed by atoms with Crippen LogP contribution in [0.1, 0.15) is 6.42 Å². The van der Waals surface area contributed by atoms with Crippen molar-refractivity contribution in [1.29, 1.82) is 0 Å². The molecule has 86 valence electrons. The fourth-order valence-corrected chi connectivity index (χ4v) is 1.75. The Morgan fingerprint density at radius 2 is 2.38 bits per heavy atom. The van der Waals surface area contributed by atoms with Gasteiger partial charge in [-0.05, 0) is 18.2 Å². The van der Waals surface area contributed by atoms with Crippen LogP contribution in [0.5, 0.6) is 0 Å². The van der Waals surface area contributed by atoms with Crippen molar-refractivity contribution < 1.29 is 19.0 Å². The van der Waals surface area contributed by atoms with Gasteiger partial charge in [0.1, 0.15) is 5.82 Å². The summed E-state index contributed by atoms with van der Waals surface area (Å²) in [6.07, 6.45) is -0.00503. The van der Waals surface area contributed by atoms with Gasteiger partial charge in [0, 0.05) is 6.42 Å². The van der Waals surface area contributed by atoms with Crippen LogP contribution >= 0.6 is 0 Å². The molecule has 1 aliphatic heterocycles. The van der Waals surface area contributed by atoms with Crippen molar-refractivity contribution >= 4 is 11.8 Å². The third-order valence-electron chi connectivity index (χ3n) is 2.54. The molecular formula is C11H12FNO3. The van der Waals surface area contributed by atoms with Crippen LogP contribution in [0.25, 0.3) is 0 Å². The molecule has 1 heterocycles. The van der Waals surface area contributed by atoms with Gasteiger partial charge in [-0.2, -0.15) is 0 Å². The molecule has 0 aromatic heterocycles. The first-order valence-corrected chi connectivity index (χ1v) is 5.05. The van der Waals surface area contributed by atoms with Crippen LogP contribution in [-0.2, 0) is 4.74 Å². The van der Waals surface area contributed by atoms with Gasteiger partial charge in [-0.1, -0.05) is 6.07 Å². The molecule has 4 nitrogen and oxygen atoms in total. The van der Waals surface area contributed by atoms with Crippen LogP contribution in [0.15, 0.2) is 24.3 Å². The number of nitrogens with zero attached hydrogens (tertiary/aromatic N) is 1. The number of carbonyl (C=O) groups excluding carboxylic acids is 1. The fourth-order valence-electron chi connectivity index (χ4n) is 1.75. The van der Waals surface area contributed by atoms with Gasteiger partial charge >= 0.3 is 6.09 Å².